The molecule has 2 aromatic carbocycles. The third kappa shape index (κ3) is 3.36. The molecule has 2 atom stereocenters. The molecule has 1 saturated carbocycles. The average Bonchev–Trinajstić information content (AvgIpc) is 3.18. The van der Waals surface area contributed by atoms with E-state index in [0.29, 0.717) is 6.42 Å². The number of carbonyl (C=O) groups is 1. The molecular formula is C18H16Cl2FNO. The zero-order chi connectivity index (χ0) is 16.6. The molecule has 5 heteroatoms. The van der Waals surface area contributed by atoms with Gasteiger partial charge in [-0.05, 0) is 29.7 Å². The molecule has 0 spiro atoms. The summed E-state index contributed by atoms with van der Waals surface area (Å²) in [6, 6.07) is 15.5. The maximum absolute atomic E-state index is 13.2. The second-order valence-corrected chi connectivity index (χ2v) is 7.37. The van der Waals surface area contributed by atoms with Crippen LogP contribution in [0, 0.1) is 11.7 Å². The van der Waals surface area contributed by atoms with Crippen molar-refractivity contribution in [2.45, 2.75) is 16.8 Å². The quantitative estimate of drug-likeness (QED) is 0.739. The summed E-state index contributed by atoms with van der Waals surface area (Å²) in [5.41, 5.74) is 1.79. The van der Waals surface area contributed by atoms with Gasteiger partial charge in [0.1, 0.15) is 10.2 Å². The molecule has 0 heterocycles. The Morgan fingerprint density at radius 1 is 1.13 bits per heavy atom. The van der Waals surface area contributed by atoms with E-state index in [4.69, 9.17) is 23.2 Å². The number of benzene rings is 2. The van der Waals surface area contributed by atoms with Gasteiger partial charge in [0.15, 0.2) is 0 Å². The molecule has 0 aliphatic heterocycles. The number of rotatable bonds is 4. The van der Waals surface area contributed by atoms with E-state index in [-0.39, 0.29) is 23.7 Å². The first-order chi connectivity index (χ1) is 10.9. The number of hydrogen-bond donors (Lipinski definition) is 0. The van der Waals surface area contributed by atoms with E-state index in [0.717, 1.165) is 11.1 Å². The zero-order valence-corrected chi connectivity index (χ0v) is 14.1. The lowest BCUT2D eigenvalue weighted by Gasteiger charge is -2.29. The van der Waals surface area contributed by atoms with Gasteiger partial charge in [0.05, 0.1) is 12.0 Å². The standard InChI is InChI=1S/C18H16Cl2FNO/c1-22(17(23)15-11-18(15,19)20)16(12-5-3-2-4-6-12)13-7-9-14(21)10-8-13/h2-10,15-16H,11H2,1H3. The number of halogens is 3. The van der Waals surface area contributed by atoms with Gasteiger partial charge in [0.25, 0.3) is 0 Å². The van der Waals surface area contributed by atoms with Crippen LogP contribution >= 0.6 is 23.2 Å². The third-order valence-corrected chi connectivity index (χ3v) is 5.00. The Kier molecular flexibility index (Phi) is 4.35. The summed E-state index contributed by atoms with van der Waals surface area (Å²) < 4.78 is 12.3. The highest BCUT2D eigenvalue weighted by atomic mass is 35.5. The first kappa shape index (κ1) is 16.3. The highest BCUT2D eigenvalue weighted by Gasteiger charge is 2.57. The molecule has 2 unspecified atom stereocenters. The van der Waals surface area contributed by atoms with Gasteiger partial charge in [-0.2, -0.15) is 0 Å². The van der Waals surface area contributed by atoms with Crippen LogP contribution in [0.25, 0.3) is 0 Å². The summed E-state index contributed by atoms with van der Waals surface area (Å²) in [4.78, 5) is 14.3. The summed E-state index contributed by atoms with van der Waals surface area (Å²) in [6.07, 6.45) is 0.463. The largest absolute Gasteiger partial charge is 0.334 e. The van der Waals surface area contributed by atoms with Crippen molar-refractivity contribution in [3.8, 4) is 0 Å². The van der Waals surface area contributed by atoms with Crippen LogP contribution in [0.4, 0.5) is 4.39 Å². The summed E-state index contributed by atoms with van der Waals surface area (Å²) in [7, 11) is 1.73. The molecule has 0 saturated heterocycles. The van der Waals surface area contributed by atoms with E-state index < -0.39 is 4.33 Å². The molecule has 120 valence electrons. The summed E-state index contributed by atoms with van der Waals surface area (Å²) >= 11 is 12.1. The predicted octanol–water partition coefficient (Wildman–Crippen LogP) is 4.57. The summed E-state index contributed by atoms with van der Waals surface area (Å²) in [5, 5.41) is 0. The van der Waals surface area contributed by atoms with Crippen molar-refractivity contribution in [2.75, 3.05) is 7.05 Å². The molecule has 1 fully saturated rings. The molecule has 0 aromatic heterocycles. The van der Waals surface area contributed by atoms with Crippen LogP contribution < -0.4 is 0 Å². The third-order valence-electron chi connectivity index (χ3n) is 4.16. The normalized spacial score (nSPS) is 19.9. The van der Waals surface area contributed by atoms with Crippen molar-refractivity contribution < 1.29 is 9.18 Å². The lowest BCUT2D eigenvalue weighted by atomic mass is 9.97. The van der Waals surface area contributed by atoms with E-state index >= 15 is 0 Å². The van der Waals surface area contributed by atoms with Gasteiger partial charge in [-0.1, -0.05) is 42.5 Å². The fraction of sp³-hybridized carbons (Fsp3) is 0.278. The topological polar surface area (TPSA) is 20.3 Å². The maximum Gasteiger partial charge on any atom is 0.229 e. The van der Waals surface area contributed by atoms with Crippen LogP contribution in [0.5, 0.6) is 0 Å². The second-order valence-electron chi connectivity index (χ2n) is 5.83. The van der Waals surface area contributed by atoms with Gasteiger partial charge in [0.2, 0.25) is 5.91 Å². The molecule has 3 rings (SSSR count). The molecule has 2 aromatic rings. The van der Waals surface area contributed by atoms with Crippen molar-refractivity contribution >= 4 is 29.1 Å². The molecule has 1 aliphatic rings. The van der Waals surface area contributed by atoms with Crippen LogP contribution in [0.2, 0.25) is 0 Å². The van der Waals surface area contributed by atoms with Crippen molar-refractivity contribution in [3.63, 3.8) is 0 Å². The molecule has 2 nitrogen and oxygen atoms in total. The maximum atomic E-state index is 13.2. The Morgan fingerprint density at radius 3 is 2.17 bits per heavy atom. The van der Waals surface area contributed by atoms with Crippen LogP contribution in [0.1, 0.15) is 23.6 Å². The Hall–Kier alpha value is -1.58. The van der Waals surface area contributed by atoms with Crippen molar-refractivity contribution in [1.29, 1.82) is 0 Å². The van der Waals surface area contributed by atoms with Crippen LogP contribution in [-0.2, 0) is 4.79 Å². The monoisotopic (exact) mass is 351 g/mol. The van der Waals surface area contributed by atoms with Crippen molar-refractivity contribution in [3.05, 3.63) is 71.5 Å². The molecule has 0 radical (unpaired) electrons. The number of amides is 1. The van der Waals surface area contributed by atoms with Gasteiger partial charge in [-0.25, -0.2) is 4.39 Å². The molecule has 0 N–H and O–H groups in total. The second kappa shape index (κ2) is 6.14. The molecular weight excluding hydrogens is 336 g/mol. The van der Waals surface area contributed by atoms with Crippen LogP contribution in [-0.4, -0.2) is 22.2 Å². The summed E-state index contributed by atoms with van der Waals surface area (Å²) in [5.74, 6) is -0.798. The Balaban J connectivity index is 1.95. The Labute approximate surface area is 144 Å². The average molecular weight is 352 g/mol. The highest BCUT2D eigenvalue weighted by molar-refractivity contribution is 6.52. The van der Waals surface area contributed by atoms with E-state index in [1.54, 1.807) is 24.1 Å². The zero-order valence-electron chi connectivity index (χ0n) is 12.5. The number of carbonyl (C=O) groups excluding carboxylic acids is 1. The fourth-order valence-electron chi connectivity index (χ4n) is 2.77. The lowest BCUT2D eigenvalue weighted by molar-refractivity contribution is -0.132. The number of alkyl halides is 2. The fourth-order valence-corrected chi connectivity index (χ4v) is 3.27. The smallest absolute Gasteiger partial charge is 0.229 e. The first-order valence-corrected chi connectivity index (χ1v) is 8.10. The SMILES string of the molecule is CN(C(=O)C1CC1(Cl)Cl)C(c1ccccc1)c1ccc(F)cc1. The first-order valence-electron chi connectivity index (χ1n) is 7.35. The Morgan fingerprint density at radius 2 is 1.65 bits per heavy atom. The molecule has 0 bridgehead atoms. The summed E-state index contributed by atoms with van der Waals surface area (Å²) in [6.45, 7) is 0. The minimum atomic E-state index is -0.963. The molecule has 23 heavy (non-hydrogen) atoms. The number of hydrogen-bond acceptors (Lipinski definition) is 1. The van der Waals surface area contributed by atoms with E-state index in [2.05, 4.69) is 0 Å². The van der Waals surface area contributed by atoms with E-state index in [1.807, 2.05) is 30.3 Å². The molecule has 1 aliphatic carbocycles. The van der Waals surface area contributed by atoms with Gasteiger partial charge >= 0.3 is 0 Å². The number of nitrogens with zero attached hydrogens (tertiary/aromatic N) is 1. The Bertz CT molecular complexity index is 703. The predicted molar refractivity (Wildman–Crippen MR) is 90.0 cm³/mol. The van der Waals surface area contributed by atoms with Gasteiger partial charge in [0, 0.05) is 7.05 Å². The van der Waals surface area contributed by atoms with Crippen LogP contribution in [0.15, 0.2) is 54.6 Å². The van der Waals surface area contributed by atoms with Crippen molar-refractivity contribution in [2.24, 2.45) is 5.92 Å². The lowest BCUT2D eigenvalue weighted by Crippen LogP contribution is -2.34. The van der Waals surface area contributed by atoms with Gasteiger partial charge in [-0.3, -0.25) is 4.79 Å². The minimum absolute atomic E-state index is 0.104. The van der Waals surface area contributed by atoms with Gasteiger partial charge < -0.3 is 4.90 Å². The van der Waals surface area contributed by atoms with E-state index in [1.165, 1.54) is 12.1 Å². The molecule has 1 amide bonds. The highest BCUT2D eigenvalue weighted by Crippen LogP contribution is 2.54. The van der Waals surface area contributed by atoms with Gasteiger partial charge in [-0.15, -0.1) is 23.2 Å². The van der Waals surface area contributed by atoms with Crippen molar-refractivity contribution in [1.82, 2.24) is 4.90 Å². The van der Waals surface area contributed by atoms with E-state index in [9.17, 15) is 9.18 Å². The minimum Gasteiger partial charge on any atom is -0.334 e. The van der Waals surface area contributed by atoms with Crippen LogP contribution in [0.3, 0.4) is 0 Å².